The lowest BCUT2D eigenvalue weighted by molar-refractivity contribution is 0.602. The zero-order valence-electron chi connectivity index (χ0n) is 12.2. The van der Waals surface area contributed by atoms with Crippen LogP contribution >= 0.6 is 11.3 Å². The predicted molar refractivity (Wildman–Crippen MR) is 89.6 cm³/mol. The first-order valence-electron chi connectivity index (χ1n) is 6.81. The minimum absolute atomic E-state index is 0.196. The molecule has 0 saturated carbocycles. The van der Waals surface area contributed by atoms with Gasteiger partial charge in [-0.15, -0.1) is 11.3 Å². The average molecular weight is 324 g/mol. The molecule has 0 spiro atoms. The third-order valence-electron chi connectivity index (χ3n) is 3.24. The number of anilines is 2. The van der Waals surface area contributed by atoms with Crippen LogP contribution in [0.2, 0.25) is 0 Å². The average Bonchev–Trinajstić information content (AvgIpc) is 2.93. The van der Waals surface area contributed by atoms with Gasteiger partial charge in [-0.2, -0.15) is 0 Å². The maximum atomic E-state index is 11.5. The first-order chi connectivity index (χ1) is 9.91. The second-order valence-electron chi connectivity index (χ2n) is 5.02. The molecular formula is C15H20N2O2S2. The van der Waals surface area contributed by atoms with Gasteiger partial charge in [0.25, 0.3) is 0 Å². The number of rotatable bonds is 6. The van der Waals surface area contributed by atoms with E-state index in [1.54, 1.807) is 23.5 Å². The van der Waals surface area contributed by atoms with Gasteiger partial charge in [0.05, 0.1) is 22.3 Å². The first kappa shape index (κ1) is 15.9. The normalized spacial score (nSPS) is 13.0. The Morgan fingerprint density at radius 2 is 2.10 bits per heavy atom. The quantitative estimate of drug-likeness (QED) is 0.795. The monoisotopic (exact) mass is 324 g/mol. The third-order valence-corrected chi connectivity index (χ3v) is 5.34. The fourth-order valence-electron chi connectivity index (χ4n) is 2.15. The molecule has 1 aromatic heterocycles. The number of thiophene rings is 1. The van der Waals surface area contributed by atoms with Crippen LogP contribution in [-0.4, -0.2) is 14.7 Å². The van der Waals surface area contributed by atoms with E-state index >= 15 is 0 Å². The lowest BCUT2D eigenvalue weighted by atomic mass is 10.1. The molecule has 1 atom stereocenters. The number of nitrogens with one attached hydrogen (secondary N) is 1. The molecule has 2 rings (SSSR count). The number of hydrogen-bond donors (Lipinski definition) is 2. The van der Waals surface area contributed by atoms with E-state index in [1.165, 1.54) is 17.2 Å². The van der Waals surface area contributed by atoms with Gasteiger partial charge in [-0.25, -0.2) is 8.42 Å². The Morgan fingerprint density at radius 1 is 1.33 bits per heavy atom. The molecule has 0 aliphatic carbocycles. The molecule has 0 aliphatic heterocycles. The first-order valence-corrected chi connectivity index (χ1v) is 9.58. The summed E-state index contributed by atoms with van der Waals surface area (Å²) in [5.74, 6) is 0. The van der Waals surface area contributed by atoms with Crippen LogP contribution in [-0.2, 0) is 9.84 Å². The van der Waals surface area contributed by atoms with E-state index in [1.807, 2.05) is 6.07 Å². The van der Waals surface area contributed by atoms with E-state index < -0.39 is 9.84 Å². The molecule has 6 heteroatoms. The van der Waals surface area contributed by atoms with Crippen LogP contribution in [0.5, 0.6) is 0 Å². The fourth-order valence-corrected chi connectivity index (χ4v) is 3.62. The number of benzene rings is 1. The summed E-state index contributed by atoms with van der Waals surface area (Å²) >= 11 is 1.70. The molecule has 0 amide bonds. The smallest absolute Gasteiger partial charge is 0.175 e. The van der Waals surface area contributed by atoms with Crippen LogP contribution in [0.3, 0.4) is 0 Å². The molecule has 3 N–H and O–H groups in total. The summed E-state index contributed by atoms with van der Waals surface area (Å²) in [6.45, 7) is 2.14. The van der Waals surface area contributed by atoms with Gasteiger partial charge in [-0.05, 0) is 36.1 Å². The Labute approximate surface area is 129 Å². The van der Waals surface area contributed by atoms with Crippen LogP contribution in [0.25, 0.3) is 0 Å². The molecule has 0 bridgehead atoms. The molecule has 0 saturated heterocycles. The number of hydrogen-bond acceptors (Lipinski definition) is 5. The highest BCUT2D eigenvalue weighted by Crippen LogP contribution is 2.31. The third kappa shape index (κ3) is 3.98. The largest absolute Gasteiger partial charge is 0.397 e. The minimum Gasteiger partial charge on any atom is -0.397 e. The van der Waals surface area contributed by atoms with Crippen LogP contribution in [0, 0.1) is 0 Å². The van der Waals surface area contributed by atoms with Crippen molar-refractivity contribution in [3.05, 3.63) is 40.6 Å². The molecule has 4 nitrogen and oxygen atoms in total. The highest BCUT2D eigenvalue weighted by Gasteiger charge is 2.14. The Morgan fingerprint density at radius 3 is 2.62 bits per heavy atom. The predicted octanol–water partition coefficient (Wildman–Crippen LogP) is 3.69. The summed E-state index contributed by atoms with van der Waals surface area (Å²) in [5, 5.41) is 5.47. The highest BCUT2D eigenvalue weighted by atomic mass is 32.2. The fraction of sp³-hybridized carbons (Fsp3) is 0.333. The number of nitrogen functional groups attached to an aromatic ring is 1. The van der Waals surface area contributed by atoms with Crippen molar-refractivity contribution in [1.82, 2.24) is 0 Å². The molecule has 2 aromatic rings. The maximum Gasteiger partial charge on any atom is 0.175 e. The lowest BCUT2D eigenvalue weighted by Gasteiger charge is -2.19. The topological polar surface area (TPSA) is 72.2 Å². The molecule has 0 fully saturated rings. The summed E-state index contributed by atoms with van der Waals surface area (Å²) in [6.07, 6.45) is 3.23. The van der Waals surface area contributed by atoms with Gasteiger partial charge < -0.3 is 11.1 Å². The molecule has 1 heterocycles. The van der Waals surface area contributed by atoms with E-state index in [0.717, 1.165) is 18.5 Å². The van der Waals surface area contributed by atoms with Crippen molar-refractivity contribution in [3.63, 3.8) is 0 Å². The highest BCUT2D eigenvalue weighted by molar-refractivity contribution is 7.90. The summed E-state index contributed by atoms with van der Waals surface area (Å²) in [6, 6.07) is 9.16. The molecule has 114 valence electrons. The van der Waals surface area contributed by atoms with Gasteiger partial charge in [-0.3, -0.25) is 0 Å². The Hall–Kier alpha value is -1.53. The van der Waals surface area contributed by atoms with E-state index in [9.17, 15) is 8.42 Å². The SMILES string of the molecule is CCCC(Nc1ccc(S(C)(=O)=O)cc1N)c1cccs1. The molecular weight excluding hydrogens is 304 g/mol. The van der Waals surface area contributed by atoms with Crippen molar-refractivity contribution in [1.29, 1.82) is 0 Å². The second-order valence-corrected chi connectivity index (χ2v) is 8.02. The summed E-state index contributed by atoms with van der Waals surface area (Å²) in [5.41, 5.74) is 7.22. The van der Waals surface area contributed by atoms with Gasteiger partial charge in [-0.1, -0.05) is 19.4 Å². The molecule has 0 aliphatic rings. The second kappa shape index (κ2) is 6.49. The van der Waals surface area contributed by atoms with E-state index in [4.69, 9.17) is 5.73 Å². The number of nitrogens with two attached hydrogens (primary N) is 1. The molecule has 0 radical (unpaired) electrons. The zero-order valence-corrected chi connectivity index (χ0v) is 13.8. The Bertz CT molecular complexity index is 694. The Balaban J connectivity index is 2.25. The van der Waals surface area contributed by atoms with Crippen molar-refractivity contribution in [2.45, 2.75) is 30.7 Å². The van der Waals surface area contributed by atoms with Gasteiger partial charge in [0, 0.05) is 11.1 Å². The van der Waals surface area contributed by atoms with Crippen LogP contribution in [0.1, 0.15) is 30.7 Å². The van der Waals surface area contributed by atoms with Crippen LogP contribution in [0.15, 0.2) is 40.6 Å². The molecule has 21 heavy (non-hydrogen) atoms. The van der Waals surface area contributed by atoms with Crippen molar-refractivity contribution in [2.24, 2.45) is 0 Å². The van der Waals surface area contributed by atoms with Crippen molar-refractivity contribution < 1.29 is 8.42 Å². The van der Waals surface area contributed by atoms with Crippen molar-refractivity contribution in [2.75, 3.05) is 17.3 Å². The van der Waals surface area contributed by atoms with Gasteiger partial charge in [0.1, 0.15) is 0 Å². The number of sulfone groups is 1. The summed E-state index contributed by atoms with van der Waals surface area (Å²) in [4.78, 5) is 1.50. The standard InChI is InChI=1S/C15H20N2O2S2/c1-3-5-14(15-6-4-9-20-15)17-13-8-7-11(10-12(13)16)21(2,18)19/h4,6-10,14,17H,3,5,16H2,1-2H3. The summed E-state index contributed by atoms with van der Waals surface area (Å²) < 4.78 is 23.1. The Kier molecular flexibility index (Phi) is 4.90. The minimum atomic E-state index is -3.23. The van der Waals surface area contributed by atoms with Crippen molar-refractivity contribution >= 4 is 32.5 Å². The molecule has 1 unspecified atom stereocenters. The van der Waals surface area contributed by atoms with Gasteiger partial charge >= 0.3 is 0 Å². The van der Waals surface area contributed by atoms with E-state index in [2.05, 4.69) is 23.7 Å². The van der Waals surface area contributed by atoms with E-state index in [0.29, 0.717) is 5.69 Å². The van der Waals surface area contributed by atoms with Crippen LogP contribution < -0.4 is 11.1 Å². The van der Waals surface area contributed by atoms with Gasteiger partial charge in [0.15, 0.2) is 9.84 Å². The summed E-state index contributed by atoms with van der Waals surface area (Å²) in [7, 11) is -3.23. The molecule has 1 aromatic carbocycles. The lowest BCUT2D eigenvalue weighted by Crippen LogP contribution is -2.11. The van der Waals surface area contributed by atoms with Gasteiger partial charge in [0.2, 0.25) is 0 Å². The van der Waals surface area contributed by atoms with E-state index in [-0.39, 0.29) is 10.9 Å². The van der Waals surface area contributed by atoms with Crippen molar-refractivity contribution in [3.8, 4) is 0 Å². The van der Waals surface area contributed by atoms with Crippen LogP contribution in [0.4, 0.5) is 11.4 Å². The zero-order chi connectivity index (χ0) is 15.5. The maximum absolute atomic E-state index is 11.5.